The van der Waals surface area contributed by atoms with Crippen LogP contribution in [0.3, 0.4) is 0 Å². The van der Waals surface area contributed by atoms with Crippen LogP contribution in [0, 0.1) is 5.82 Å². The average molecular weight is 325 g/mol. The van der Waals surface area contributed by atoms with Crippen LogP contribution in [0.25, 0.3) is 0 Å². The highest BCUT2D eigenvalue weighted by Crippen LogP contribution is 2.27. The van der Waals surface area contributed by atoms with Crippen LogP contribution in [0.4, 0.5) is 10.1 Å². The molecule has 0 aliphatic carbocycles. The highest BCUT2D eigenvalue weighted by molar-refractivity contribution is 9.10. The van der Waals surface area contributed by atoms with E-state index >= 15 is 0 Å². The second-order valence-electron chi connectivity index (χ2n) is 3.66. The van der Waals surface area contributed by atoms with E-state index in [1.54, 1.807) is 18.2 Å². The van der Waals surface area contributed by atoms with Crippen LogP contribution in [-0.4, -0.2) is 18.0 Å². The maximum absolute atomic E-state index is 13.4. The molecule has 1 heterocycles. The van der Waals surface area contributed by atoms with Gasteiger partial charge in [-0.15, -0.1) is 0 Å². The number of anilines is 1. The molecule has 0 spiro atoms. The second-order valence-corrected chi connectivity index (χ2v) is 4.51. The van der Waals surface area contributed by atoms with E-state index in [-0.39, 0.29) is 5.56 Å². The lowest BCUT2D eigenvalue weighted by Gasteiger charge is -2.09. The molecule has 0 saturated heterocycles. The third-order valence-corrected chi connectivity index (χ3v) is 3.13. The monoisotopic (exact) mass is 324 g/mol. The van der Waals surface area contributed by atoms with Gasteiger partial charge in [0.2, 0.25) is 0 Å². The average Bonchev–Trinajstić information content (AvgIpc) is 2.41. The molecule has 0 unspecified atom stereocenters. The normalized spacial score (nSPS) is 10.1. The number of halogens is 2. The summed E-state index contributed by atoms with van der Waals surface area (Å²) >= 11 is 3.30. The molecule has 1 amide bonds. The van der Waals surface area contributed by atoms with E-state index in [9.17, 15) is 9.18 Å². The Morgan fingerprint density at radius 1 is 1.42 bits per heavy atom. The van der Waals surface area contributed by atoms with Crippen molar-refractivity contribution in [2.75, 3.05) is 12.4 Å². The summed E-state index contributed by atoms with van der Waals surface area (Å²) in [5.74, 6) is -0.624. The Bertz CT molecular complexity index is 619. The minimum Gasteiger partial charge on any atom is -0.497 e. The number of pyridine rings is 1. The molecule has 2 aromatic rings. The van der Waals surface area contributed by atoms with Crippen molar-refractivity contribution in [1.82, 2.24) is 4.98 Å². The zero-order valence-corrected chi connectivity index (χ0v) is 11.6. The number of nitrogens with one attached hydrogen (secondary N) is 1. The van der Waals surface area contributed by atoms with E-state index in [2.05, 4.69) is 26.2 Å². The fourth-order valence-electron chi connectivity index (χ4n) is 1.48. The molecule has 6 heteroatoms. The molecule has 0 aliphatic heterocycles. The molecule has 4 nitrogen and oxygen atoms in total. The summed E-state index contributed by atoms with van der Waals surface area (Å²) < 4.78 is 19.2. The quantitative estimate of drug-likeness (QED) is 0.942. The summed E-state index contributed by atoms with van der Waals surface area (Å²) in [6.45, 7) is 0. The lowest BCUT2D eigenvalue weighted by molar-refractivity contribution is 0.102. The first kappa shape index (κ1) is 13.5. The van der Waals surface area contributed by atoms with Crippen molar-refractivity contribution in [3.63, 3.8) is 0 Å². The van der Waals surface area contributed by atoms with Crippen molar-refractivity contribution in [3.8, 4) is 5.75 Å². The van der Waals surface area contributed by atoms with E-state index in [4.69, 9.17) is 4.74 Å². The van der Waals surface area contributed by atoms with Crippen molar-refractivity contribution in [2.45, 2.75) is 0 Å². The van der Waals surface area contributed by atoms with Crippen molar-refractivity contribution in [3.05, 3.63) is 52.5 Å². The molecule has 0 saturated carbocycles. The number of methoxy groups -OCH3 is 1. The Hall–Kier alpha value is -1.95. The van der Waals surface area contributed by atoms with Gasteiger partial charge in [-0.3, -0.25) is 9.78 Å². The molecule has 1 aromatic carbocycles. The Morgan fingerprint density at radius 2 is 2.21 bits per heavy atom. The molecule has 1 N–H and O–H groups in total. The molecule has 19 heavy (non-hydrogen) atoms. The van der Waals surface area contributed by atoms with Gasteiger partial charge in [0.1, 0.15) is 5.75 Å². The minimum atomic E-state index is -0.668. The number of carbonyl (C=O) groups is 1. The topological polar surface area (TPSA) is 51.2 Å². The largest absolute Gasteiger partial charge is 0.497 e. The number of amides is 1. The number of ether oxygens (including phenoxy) is 1. The van der Waals surface area contributed by atoms with Gasteiger partial charge in [-0.25, -0.2) is 4.39 Å². The SMILES string of the molecule is COc1ccc(Br)c(NC(=O)c2ccncc2F)c1. The number of benzene rings is 1. The van der Waals surface area contributed by atoms with Crippen LogP contribution in [0.1, 0.15) is 10.4 Å². The molecule has 0 bridgehead atoms. The van der Waals surface area contributed by atoms with Gasteiger partial charge in [0, 0.05) is 16.7 Å². The molecule has 1 aromatic heterocycles. The summed E-state index contributed by atoms with van der Waals surface area (Å²) in [4.78, 5) is 15.5. The van der Waals surface area contributed by atoms with Crippen LogP contribution in [0.2, 0.25) is 0 Å². The van der Waals surface area contributed by atoms with Crippen LogP contribution in [0.5, 0.6) is 5.75 Å². The van der Waals surface area contributed by atoms with Gasteiger partial charge in [-0.05, 0) is 34.1 Å². The number of nitrogens with zero attached hydrogens (tertiary/aromatic N) is 1. The fraction of sp³-hybridized carbons (Fsp3) is 0.0769. The standard InChI is InChI=1S/C13H10BrFN2O2/c1-19-8-2-3-10(14)12(6-8)17-13(18)9-4-5-16-7-11(9)15/h2-7H,1H3,(H,17,18). The number of carbonyl (C=O) groups excluding carboxylic acids is 1. The van der Waals surface area contributed by atoms with Crippen LogP contribution in [-0.2, 0) is 0 Å². The van der Waals surface area contributed by atoms with Crippen molar-refractivity contribution in [1.29, 1.82) is 0 Å². The highest BCUT2D eigenvalue weighted by Gasteiger charge is 2.13. The van der Waals surface area contributed by atoms with Gasteiger partial charge in [0.05, 0.1) is 24.6 Å². The van der Waals surface area contributed by atoms with Gasteiger partial charge < -0.3 is 10.1 Å². The maximum Gasteiger partial charge on any atom is 0.258 e. The Kier molecular flexibility index (Phi) is 4.11. The molecule has 0 atom stereocenters. The zero-order chi connectivity index (χ0) is 13.8. The Morgan fingerprint density at radius 3 is 2.89 bits per heavy atom. The number of aromatic nitrogens is 1. The summed E-state index contributed by atoms with van der Waals surface area (Å²) in [5.41, 5.74) is 0.435. The smallest absolute Gasteiger partial charge is 0.258 e. The predicted molar refractivity (Wildman–Crippen MR) is 72.8 cm³/mol. The lowest BCUT2D eigenvalue weighted by Crippen LogP contribution is -2.14. The first-order chi connectivity index (χ1) is 9.11. The van der Waals surface area contributed by atoms with Crippen LogP contribution < -0.4 is 10.1 Å². The Balaban J connectivity index is 2.26. The third-order valence-electron chi connectivity index (χ3n) is 2.44. The summed E-state index contributed by atoms with van der Waals surface area (Å²) in [6, 6.07) is 6.43. The second kappa shape index (κ2) is 5.79. The van der Waals surface area contributed by atoms with E-state index < -0.39 is 11.7 Å². The molecular formula is C13H10BrFN2O2. The molecular weight excluding hydrogens is 315 g/mol. The lowest BCUT2D eigenvalue weighted by atomic mass is 10.2. The van der Waals surface area contributed by atoms with E-state index in [0.717, 1.165) is 6.20 Å². The minimum absolute atomic E-state index is 0.0651. The third kappa shape index (κ3) is 3.08. The number of hydrogen-bond acceptors (Lipinski definition) is 3. The van der Waals surface area contributed by atoms with E-state index in [0.29, 0.717) is 15.9 Å². The van der Waals surface area contributed by atoms with Crippen LogP contribution in [0.15, 0.2) is 41.1 Å². The first-order valence-corrected chi connectivity index (χ1v) is 6.15. The van der Waals surface area contributed by atoms with Crippen molar-refractivity contribution < 1.29 is 13.9 Å². The number of hydrogen-bond donors (Lipinski definition) is 1. The summed E-state index contributed by atoms with van der Waals surface area (Å²) in [6.07, 6.45) is 2.36. The summed E-state index contributed by atoms with van der Waals surface area (Å²) in [5, 5.41) is 2.61. The van der Waals surface area contributed by atoms with Gasteiger partial charge in [-0.2, -0.15) is 0 Å². The Labute approximate surface area is 117 Å². The fourth-order valence-corrected chi connectivity index (χ4v) is 1.82. The van der Waals surface area contributed by atoms with Gasteiger partial charge in [0.25, 0.3) is 5.91 Å². The van der Waals surface area contributed by atoms with Gasteiger partial charge >= 0.3 is 0 Å². The van der Waals surface area contributed by atoms with E-state index in [1.165, 1.54) is 19.4 Å². The van der Waals surface area contributed by atoms with E-state index in [1.807, 2.05) is 0 Å². The number of rotatable bonds is 3. The molecule has 98 valence electrons. The van der Waals surface area contributed by atoms with Gasteiger partial charge in [-0.1, -0.05) is 0 Å². The van der Waals surface area contributed by atoms with Crippen molar-refractivity contribution >= 4 is 27.5 Å². The van der Waals surface area contributed by atoms with Crippen LogP contribution >= 0.6 is 15.9 Å². The zero-order valence-electron chi connectivity index (χ0n) is 9.98. The predicted octanol–water partition coefficient (Wildman–Crippen LogP) is 3.24. The highest BCUT2D eigenvalue weighted by atomic mass is 79.9. The molecule has 2 rings (SSSR count). The molecule has 0 fully saturated rings. The molecule has 0 aliphatic rings. The maximum atomic E-state index is 13.4. The van der Waals surface area contributed by atoms with Gasteiger partial charge in [0.15, 0.2) is 5.82 Å². The first-order valence-electron chi connectivity index (χ1n) is 5.36. The summed E-state index contributed by atoms with van der Waals surface area (Å²) in [7, 11) is 1.53. The molecule has 0 radical (unpaired) electrons. The van der Waals surface area contributed by atoms with Crippen molar-refractivity contribution in [2.24, 2.45) is 0 Å².